The highest BCUT2D eigenvalue weighted by molar-refractivity contribution is 9.10. The predicted octanol–water partition coefficient (Wildman–Crippen LogP) is 3.80. The molecule has 0 aromatic heterocycles. The Kier molecular flexibility index (Phi) is 5.57. The van der Waals surface area contributed by atoms with Crippen LogP contribution in [0.4, 0.5) is 5.69 Å². The second kappa shape index (κ2) is 7.56. The minimum Gasteiger partial charge on any atom is -0.495 e. The summed E-state index contributed by atoms with van der Waals surface area (Å²) in [5, 5.41) is 2.95. The molecule has 2 aromatic carbocycles. The van der Waals surface area contributed by atoms with Crippen LogP contribution in [0.2, 0.25) is 5.02 Å². The molecule has 0 bridgehead atoms. The van der Waals surface area contributed by atoms with Crippen LogP contribution in [0.15, 0.2) is 45.8 Å². The van der Waals surface area contributed by atoms with Crippen molar-refractivity contribution < 1.29 is 17.9 Å². The van der Waals surface area contributed by atoms with E-state index in [1.54, 1.807) is 18.2 Å². The zero-order valence-corrected chi connectivity index (χ0v) is 16.9. The Morgan fingerprint density at radius 3 is 2.62 bits per heavy atom. The highest BCUT2D eigenvalue weighted by Crippen LogP contribution is 2.30. The Morgan fingerprint density at radius 2 is 1.96 bits per heavy atom. The van der Waals surface area contributed by atoms with Crippen LogP contribution in [0, 0.1) is 0 Å². The quantitative estimate of drug-likeness (QED) is 0.688. The SMILES string of the molecule is COc1ccc(S(=O)(=O)NC2CC2)cc1NC(=O)c1cc(Br)ccc1Cl. The molecule has 1 aliphatic rings. The van der Waals surface area contributed by atoms with Crippen molar-refractivity contribution in [3.05, 3.63) is 51.5 Å². The van der Waals surface area contributed by atoms with Gasteiger partial charge in [0.2, 0.25) is 10.0 Å². The number of carbonyl (C=O) groups excluding carboxylic acids is 1. The van der Waals surface area contributed by atoms with Gasteiger partial charge in [-0.15, -0.1) is 0 Å². The van der Waals surface area contributed by atoms with Gasteiger partial charge in [-0.2, -0.15) is 0 Å². The van der Waals surface area contributed by atoms with Gasteiger partial charge in [0.25, 0.3) is 5.91 Å². The first kappa shape index (κ1) is 19.2. The fourth-order valence-corrected chi connectivity index (χ4v) is 4.20. The maximum absolute atomic E-state index is 12.6. The topological polar surface area (TPSA) is 84.5 Å². The highest BCUT2D eigenvalue weighted by Gasteiger charge is 2.28. The number of benzene rings is 2. The molecule has 0 unspecified atom stereocenters. The largest absolute Gasteiger partial charge is 0.495 e. The molecule has 1 saturated carbocycles. The average Bonchev–Trinajstić information content (AvgIpc) is 3.40. The number of amides is 1. The number of anilines is 1. The first-order valence-corrected chi connectivity index (χ1v) is 10.4. The summed E-state index contributed by atoms with van der Waals surface area (Å²) in [7, 11) is -2.21. The fraction of sp³-hybridized carbons (Fsp3) is 0.235. The Balaban J connectivity index is 1.91. The van der Waals surface area contributed by atoms with Gasteiger partial charge in [-0.1, -0.05) is 27.5 Å². The molecule has 0 radical (unpaired) electrons. The van der Waals surface area contributed by atoms with Crippen molar-refractivity contribution in [2.75, 3.05) is 12.4 Å². The molecule has 1 amide bonds. The van der Waals surface area contributed by atoms with Crippen molar-refractivity contribution in [2.24, 2.45) is 0 Å². The number of nitrogens with one attached hydrogen (secondary N) is 2. The van der Waals surface area contributed by atoms with E-state index in [0.29, 0.717) is 10.2 Å². The summed E-state index contributed by atoms with van der Waals surface area (Å²) in [5.41, 5.74) is 0.500. The smallest absolute Gasteiger partial charge is 0.257 e. The molecular formula is C17H16BrClN2O4S. The molecule has 1 aliphatic carbocycles. The van der Waals surface area contributed by atoms with Crippen molar-refractivity contribution in [3.63, 3.8) is 0 Å². The van der Waals surface area contributed by atoms with E-state index in [2.05, 4.69) is 26.0 Å². The van der Waals surface area contributed by atoms with Gasteiger partial charge < -0.3 is 10.1 Å². The molecule has 6 nitrogen and oxygen atoms in total. The maximum Gasteiger partial charge on any atom is 0.257 e. The lowest BCUT2D eigenvalue weighted by Crippen LogP contribution is -2.26. The van der Waals surface area contributed by atoms with Crippen LogP contribution in [-0.4, -0.2) is 27.5 Å². The van der Waals surface area contributed by atoms with Crippen molar-refractivity contribution in [2.45, 2.75) is 23.8 Å². The monoisotopic (exact) mass is 458 g/mol. The number of ether oxygens (including phenoxy) is 1. The van der Waals surface area contributed by atoms with E-state index < -0.39 is 15.9 Å². The summed E-state index contributed by atoms with van der Waals surface area (Å²) >= 11 is 9.37. The van der Waals surface area contributed by atoms with Crippen LogP contribution in [0.3, 0.4) is 0 Å². The molecule has 0 spiro atoms. The molecule has 0 aliphatic heterocycles. The number of halogens is 2. The average molecular weight is 460 g/mol. The normalized spacial score (nSPS) is 14.1. The second-order valence-electron chi connectivity index (χ2n) is 5.84. The van der Waals surface area contributed by atoms with E-state index in [-0.39, 0.29) is 27.2 Å². The second-order valence-corrected chi connectivity index (χ2v) is 8.87. The van der Waals surface area contributed by atoms with E-state index >= 15 is 0 Å². The van der Waals surface area contributed by atoms with Crippen LogP contribution in [0.1, 0.15) is 23.2 Å². The zero-order chi connectivity index (χ0) is 18.9. The Hall–Kier alpha value is -1.61. The third kappa shape index (κ3) is 4.37. The van der Waals surface area contributed by atoms with Crippen LogP contribution in [-0.2, 0) is 10.0 Å². The number of sulfonamides is 1. The summed E-state index contributed by atoms with van der Waals surface area (Å²) in [6.45, 7) is 0. The standard InChI is InChI=1S/C17H16BrClN2O4S/c1-25-16-7-5-12(26(23,24)21-11-3-4-11)9-15(16)20-17(22)13-8-10(18)2-6-14(13)19/h2,5-9,11,21H,3-4H2,1H3,(H,20,22). The third-order valence-corrected chi connectivity index (χ3v) is 6.14. The van der Waals surface area contributed by atoms with E-state index in [1.165, 1.54) is 25.3 Å². The van der Waals surface area contributed by atoms with Gasteiger partial charge in [-0.3, -0.25) is 4.79 Å². The number of carbonyl (C=O) groups is 1. The highest BCUT2D eigenvalue weighted by atomic mass is 79.9. The van der Waals surface area contributed by atoms with Crippen molar-refractivity contribution in [3.8, 4) is 5.75 Å². The van der Waals surface area contributed by atoms with Gasteiger partial charge in [-0.05, 0) is 49.2 Å². The van der Waals surface area contributed by atoms with Crippen LogP contribution in [0.25, 0.3) is 0 Å². The summed E-state index contributed by atoms with van der Waals surface area (Å²) in [6.07, 6.45) is 1.67. The molecular weight excluding hydrogens is 444 g/mol. The molecule has 26 heavy (non-hydrogen) atoms. The van der Waals surface area contributed by atoms with Crippen LogP contribution in [0.5, 0.6) is 5.75 Å². The van der Waals surface area contributed by atoms with Gasteiger partial charge in [0.1, 0.15) is 5.75 Å². The van der Waals surface area contributed by atoms with Gasteiger partial charge in [0.15, 0.2) is 0 Å². The third-order valence-electron chi connectivity index (χ3n) is 3.80. The molecule has 138 valence electrons. The van der Waals surface area contributed by atoms with E-state index in [4.69, 9.17) is 16.3 Å². The summed E-state index contributed by atoms with van der Waals surface area (Å²) < 4.78 is 33.3. The number of hydrogen-bond donors (Lipinski definition) is 2. The number of hydrogen-bond acceptors (Lipinski definition) is 4. The molecule has 2 N–H and O–H groups in total. The minimum absolute atomic E-state index is 0.0133. The fourth-order valence-electron chi connectivity index (χ4n) is 2.30. The minimum atomic E-state index is -3.65. The Bertz CT molecular complexity index is 961. The van der Waals surface area contributed by atoms with Gasteiger partial charge in [-0.25, -0.2) is 13.1 Å². The van der Waals surface area contributed by atoms with E-state index in [0.717, 1.165) is 12.8 Å². The predicted molar refractivity (Wildman–Crippen MR) is 103 cm³/mol. The molecule has 1 fully saturated rings. The van der Waals surface area contributed by atoms with Crippen molar-refractivity contribution >= 4 is 49.1 Å². The van der Waals surface area contributed by atoms with Gasteiger partial charge >= 0.3 is 0 Å². The molecule has 0 saturated heterocycles. The summed E-state index contributed by atoms with van der Waals surface area (Å²) in [4.78, 5) is 12.6. The van der Waals surface area contributed by atoms with Gasteiger partial charge in [0, 0.05) is 10.5 Å². The van der Waals surface area contributed by atoms with Crippen molar-refractivity contribution in [1.82, 2.24) is 4.72 Å². The molecule has 9 heteroatoms. The Morgan fingerprint density at radius 1 is 1.23 bits per heavy atom. The number of methoxy groups -OCH3 is 1. The van der Waals surface area contributed by atoms with Crippen LogP contribution >= 0.6 is 27.5 Å². The maximum atomic E-state index is 12.6. The molecule has 0 heterocycles. The lowest BCUT2D eigenvalue weighted by atomic mass is 10.2. The first-order chi connectivity index (χ1) is 12.3. The van der Waals surface area contributed by atoms with E-state index in [1.807, 2.05) is 0 Å². The van der Waals surface area contributed by atoms with Crippen molar-refractivity contribution in [1.29, 1.82) is 0 Å². The first-order valence-electron chi connectivity index (χ1n) is 7.77. The van der Waals surface area contributed by atoms with E-state index in [9.17, 15) is 13.2 Å². The summed E-state index contributed by atoms with van der Waals surface area (Å²) in [6, 6.07) is 9.19. The number of rotatable bonds is 6. The van der Waals surface area contributed by atoms with Crippen LogP contribution < -0.4 is 14.8 Å². The van der Waals surface area contributed by atoms with Gasteiger partial charge in [0.05, 0.1) is 28.3 Å². The Labute approximate surface area is 165 Å². The molecule has 2 aromatic rings. The lowest BCUT2D eigenvalue weighted by molar-refractivity contribution is 0.102. The zero-order valence-electron chi connectivity index (χ0n) is 13.8. The summed E-state index contributed by atoms with van der Waals surface area (Å²) in [5.74, 6) is -0.130. The molecule has 0 atom stereocenters. The lowest BCUT2D eigenvalue weighted by Gasteiger charge is -2.13. The molecule has 3 rings (SSSR count).